The highest BCUT2D eigenvalue weighted by molar-refractivity contribution is 5.18. The molecule has 1 aliphatic heterocycles. The van der Waals surface area contributed by atoms with Gasteiger partial charge in [-0.3, -0.25) is 4.90 Å². The molecule has 0 saturated carbocycles. The van der Waals surface area contributed by atoms with Crippen LogP contribution in [0.15, 0.2) is 18.2 Å². The highest BCUT2D eigenvalue weighted by Crippen LogP contribution is 2.28. The van der Waals surface area contributed by atoms with Crippen LogP contribution >= 0.6 is 0 Å². The van der Waals surface area contributed by atoms with Gasteiger partial charge in [-0.15, -0.1) is 0 Å². The number of rotatable bonds is 3. The number of hydrogen-bond donors (Lipinski definition) is 1. The molecule has 2 rings (SSSR count). The first-order valence-corrected chi connectivity index (χ1v) is 7.20. The van der Waals surface area contributed by atoms with Crippen molar-refractivity contribution in [1.82, 2.24) is 10.2 Å². The molecule has 1 N–H and O–H groups in total. The van der Waals surface area contributed by atoms with Crippen molar-refractivity contribution in [3.63, 3.8) is 0 Å². The van der Waals surface area contributed by atoms with Gasteiger partial charge in [0.1, 0.15) is 0 Å². The number of piperazine rings is 1. The topological polar surface area (TPSA) is 15.3 Å². The molecule has 112 valence electrons. The second-order valence-electron chi connectivity index (χ2n) is 6.69. The minimum Gasteiger partial charge on any atom is -0.309 e. The molecule has 1 unspecified atom stereocenters. The maximum Gasteiger partial charge on any atom is 0.159 e. The standard InChI is InChI=1S/C16H24F2N2/c1-5-16(4)10-19-15(2,3)11-20(16)9-12-6-7-13(17)14(18)8-12/h6-8,19H,5,9-11H2,1-4H3. The Morgan fingerprint density at radius 1 is 1.20 bits per heavy atom. The Bertz CT molecular complexity index is 487. The number of benzene rings is 1. The van der Waals surface area contributed by atoms with E-state index in [1.165, 1.54) is 12.1 Å². The van der Waals surface area contributed by atoms with Crippen molar-refractivity contribution in [3.8, 4) is 0 Å². The van der Waals surface area contributed by atoms with Gasteiger partial charge in [-0.1, -0.05) is 13.0 Å². The summed E-state index contributed by atoms with van der Waals surface area (Å²) in [6.45, 7) is 11.2. The van der Waals surface area contributed by atoms with Crippen molar-refractivity contribution in [2.75, 3.05) is 13.1 Å². The fourth-order valence-electron chi connectivity index (χ4n) is 2.72. The largest absolute Gasteiger partial charge is 0.309 e. The molecule has 1 aliphatic rings. The van der Waals surface area contributed by atoms with Gasteiger partial charge in [0.2, 0.25) is 0 Å². The first-order chi connectivity index (χ1) is 9.26. The summed E-state index contributed by atoms with van der Waals surface area (Å²) in [6.07, 6.45) is 1.01. The number of nitrogens with one attached hydrogen (secondary N) is 1. The molecule has 0 amide bonds. The van der Waals surface area contributed by atoms with Crippen molar-refractivity contribution in [2.45, 2.75) is 51.7 Å². The Kier molecular flexibility index (Phi) is 4.17. The molecule has 0 spiro atoms. The van der Waals surface area contributed by atoms with E-state index in [1.807, 2.05) is 0 Å². The fraction of sp³-hybridized carbons (Fsp3) is 0.625. The second kappa shape index (κ2) is 5.41. The van der Waals surface area contributed by atoms with Crippen LogP contribution in [0.5, 0.6) is 0 Å². The molecule has 4 heteroatoms. The molecule has 0 bridgehead atoms. The zero-order chi connectivity index (χ0) is 15.0. The highest BCUT2D eigenvalue weighted by atomic mass is 19.2. The van der Waals surface area contributed by atoms with E-state index in [0.717, 1.165) is 25.1 Å². The third-order valence-electron chi connectivity index (χ3n) is 4.42. The molecule has 1 heterocycles. The van der Waals surface area contributed by atoms with Gasteiger partial charge < -0.3 is 5.32 Å². The summed E-state index contributed by atoms with van der Waals surface area (Å²) in [5.41, 5.74) is 0.898. The van der Waals surface area contributed by atoms with E-state index in [0.29, 0.717) is 6.54 Å². The minimum absolute atomic E-state index is 0.0350. The number of nitrogens with zero attached hydrogens (tertiary/aromatic N) is 1. The van der Waals surface area contributed by atoms with Crippen molar-refractivity contribution in [2.24, 2.45) is 0 Å². The Hall–Kier alpha value is -1.00. The molecule has 2 nitrogen and oxygen atoms in total. The van der Waals surface area contributed by atoms with E-state index < -0.39 is 11.6 Å². The Morgan fingerprint density at radius 2 is 1.90 bits per heavy atom. The van der Waals surface area contributed by atoms with Gasteiger partial charge in [-0.25, -0.2) is 8.78 Å². The van der Waals surface area contributed by atoms with Crippen LogP contribution < -0.4 is 5.32 Å². The Labute approximate surface area is 120 Å². The minimum atomic E-state index is -0.785. The lowest BCUT2D eigenvalue weighted by Gasteiger charge is -2.51. The zero-order valence-corrected chi connectivity index (χ0v) is 12.8. The lowest BCUT2D eigenvalue weighted by Crippen LogP contribution is -2.66. The average molecular weight is 282 g/mol. The summed E-state index contributed by atoms with van der Waals surface area (Å²) in [7, 11) is 0. The van der Waals surface area contributed by atoms with Gasteiger partial charge >= 0.3 is 0 Å². The average Bonchev–Trinajstić information content (AvgIpc) is 2.38. The van der Waals surface area contributed by atoms with Crippen LogP contribution in [0.4, 0.5) is 8.78 Å². The van der Waals surface area contributed by atoms with Crippen molar-refractivity contribution >= 4 is 0 Å². The van der Waals surface area contributed by atoms with Crippen LogP contribution in [0.25, 0.3) is 0 Å². The third-order valence-corrected chi connectivity index (χ3v) is 4.42. The summed E-state index contributed by atoms with van der Waals surface area (Å²) >= 11 is 0. The Balaban J connectivity index is 2.21. The smallest absolute Gasteiger partial charge is 0.159 e. The van der Waals surface area contributed by atoms with Gasteiger partial charge in [-0.2, -0.15) is 0 Å². The van der Waals surface area contributed by atoms with Crippen LogP contribution in [-0.4, -0.2) is 29.1 Å². The molecule has 1 aromatic carbocycles. The van der Waals surface area contributed by atoms with Gasteiger partial charge in [0, 0.05) is 30.7 Å². The van der Waals surface area contributed by atoms with Gasteiger partial charge in [0.15, 0.2) is 11.6 Å². The van der Waals surface area contributed by atoms with Crippen molar-refractivity contribution in [3.05, 3.63) is 35.4 Å². The molecule has 0 aliphatic carbocycles. The van der Waals surface area contributed by atoms with Crippen molar-refractivity contribution in [1.29, 1.82) is 0 Å². The fourth-order valence-corrected chi connectivity index (χ4v) is 2.72. The normalized spacial score (nSPS) is 26.7. The maximum absolute atomic E-state index is 13.4. The highest BCUT2D eigenvalue weighted by Gasteiger charge is 2.39. The maximum atomic E-state index is 13.4. The van der Waals surface area contributed by atoms with Gasteiger partial charge in [-0.05, 0) is 44.9 Å². The third kappa shape index (κ3) is 3.18. The number of hydrogen-bond acceptors (Lipinski definition) is 2. The van der Waals surface area contributed by atoms with Gasteiger partial charge in [0.25, 0.3) is 0 Å². The van der Waals surface area contributed by atoms with Crippen LogP contribution in [0.1, 0.15) is 39.7 Å². The van der Waals surface area contributed by atoms with E-state index >= 15 is 0 Å². The summed E-state index contributed by atoms with van der Waals surface area (Å²) < 4.78 is 26.4. The van der Waals surface area contributed by atoms with Crippen LogP contribution in [0.3, 0.4) is 0 Å². The summed E-state index contributed by atoms with van der Waals surface area (Å²) in [5.74, 6) is -1.55. The predicted octanol–water partition coefficient (Wildman–Crippen LogP) is 3.32. The molecule has 1 aromatic rings. The summed E-state index contributed by atoms with van der Waals surface area (Å²) in [5, 5.41) is 3.56. The van der Waals surface area contributed by atoms with Crippen LogP contribution in [-0.2, 0) is 6.54 Å². The molecule has 1 saturated heterocycles. The SMILES string of the molecule is CCC1(C)CNC(C)(C)CN1Cc1ccc(F)c(F)c1. The second-order valence-corrected chi connectivity index (χ2v) is 6.69. The number of halogens is 2. The molecule has 1 fully saturated rings. The predicted molar refractivity (Wildman–Crippen MR) is 77.5 cm³/mol. The monoisotopic (exact) mass is 282 g/mol. The van der Waals surface area contributed by atoms with Crippen molar-refractivity contribution < 1.29 is 8.78 Å². The van der Waals surface area contributed by atoms with Crippen LogP contribution in [0.2, 0.25) is 0 Å². The lowest BCUT2D eigenvalue weighted by molar-refractivity contribution is 0.0174. The van der Waals surface area contributed by atoms with E-state index in [-0.39, 0.29) is 11.1 Å². The first kappa shape index (κ1) is 15.4. The molecular weight excluding hydrogens is 258 g/mol. The molecule has 20 heavy (non-hydrogen) atoms. The molecule has 1 atom stereocenters. The Morgan fingerprint density at radius 3 is 2.50 bits per heavy atom. The van der Waals surface area contributed by atoms with Crippen LogP contribution in [0, 0.1) is 11.6 Å². The quantitative estimate of drug-likeness (QED) is 0.915. The molecule has 0 radical (unpaired) electrons. The van der Waals surface area contributed by atoms with E-state index in [9.17, 15) is 8.78 Å². The van der Waals surface area contributed by atoms with E-state index in [2.05, 4.69) is 37.9 Å². The zero-order valence-electron chi connectivity index (χ0n) is 12.8. The summed E-state index contributed by atoms with van der Waals surface area (Å²) in [4.78, 5) is 2.37. The lowest BCUT2D eigenvalue weighted by atomic mass is 9.87. The van der Waals surface area contributed by atoms with Gasteiger partial charge in [0.05, 0.1) is 0 Å². The molecule has 0 aromatic heterocycles. The summed E-state index contributed by atoms with van der Waals surface area (Å²) in [6, 6.07) is 4.19. The van der Waals surface area contributed by atoms with E-state index in [4.69, 9.17) is 0 Å². The first-order valence-electron chi connectivity index (χ1n) is 7.20. The van der Waals surface area contributed by atoms with E-state index in [1.54, 1.807) is 6.07 Å². The molecular formula is C16H24F2N2.